The number of rotatable bonds is 6. The van der Waals surface area contributed by atoms with E-state index in [0.29, 0.717) is 30.3 Å². The van der Waals surface area contributed by atoms with Crippen molar-refractivity contribution >= 4 is 5.91 Å². The second kappa shape index (κ2) is 6.51. The van der Waals surface area contributed by atoms with E-state index in [-0.39, 0.29) is 30.0 Å². The molecule has 1 aliphatic carbocycles. The van der Waals surface area contributed by atoms with Gasteiger partial charge in [-0.05, 0) is 42.8 Å². The molecule has 2 aliphatic rings. The fraction of sp³-hybridized carbons (Fsp3) is 0.400. The van der Waals surface area contributed by atoms with E-state index in [9.17, 15) is 15.0 Å². The number of hydrogen-bond acceptors (Lipinski definition) is 6. The SMILES string of the molecule is COc1ccc(Oc2ccc(C(=O)N3C[C@@]4(CO)C[C@@]4(CO)C3)nc2)cc1. The second-order valence-corrected chi connectivity index (χ2v) is 7.37. The van der Waals surface area contributed by atoms with Crippen molar-refractivity contribution in [3.05, 3.63) is 48.3 Å². The van der Waals surface area contributed by atoms with E-state index in [0.717, 1.165) is 12.2 Å². The summed E-state index contributed by atoms with van der Waals surface area (Å²) >= 11 is 0. The third-order valence-electron chi connectivity index (χ3n) is 5.81. The number of carbonyl (C=O) groups excluding carboxylic acids is 1. The van der Waals surface area contributed by atoms with E-state index < -0.39 is 0 Å². The predicted octanol–water partition coefficient (Wildman–Crippen LogP) is 1.70. The molecule has 1 saturated carbocycles. The number of pyridine rings is 1. The summed E-state index contributed by atoms with van der Waals surface area (Å²) in [5, 5.41) is 19.3. The molecular weight excluding hydrogens is 348 g/mol. The number of benzene rings is 1. The van der Waals surface area contributed by atoms with Gasteiger partial charge in [0, 0.05) is 23.9 Å². The standard InChI is InChI=1S/C20H22N2O5/c1-26-14-2-4-15(5-3-14)27-16-6-7-17(21-8-16)18(25)22-10-19(12-23)9-20(19,11-22)13-24/h2-8,23-24H,9-13H2,1H3/t19-,20+. The Hall–Kier alpha value is -2.64. The number of piperidine rings is 1. The van der Waals surface area contributed by atoms with Crippen LogP contribution in [0.1, 0.15) is 16.9 Å². The summed E-state index contributed by atoms with van der Waals surface area (Å²) < 4.78 is 10.8. The minimum atomic E-state index is -0.352. The van der Waals surface area contributed by atoms with Crippen molar-refractivity contribution in [2.45, 2.75) is 6.42 Å². The van der Waals surface area contributed by atoms with Crippen molar-refractivity contribution in [1.82, 2.24) is 9.88 Å². The van der Waals surface area contributed by atoms with E-state index in [4.69, 9.17) is 9.47 Å². The normalized spacial score (nSPS) is 25.8. The molecule has 1 aromatic heterocycles. The summed E-state index contributed by atoms with van der Waals surface area (Å²) in [7, 11) is 1.60. The fourth-order valence-corrected chi connectivity index (χ4v) is 4.04. The molecule has 4 rings (SSSR count). The number of methoxy groups -OCH3 is 1. The van der Waals surface area contributed by atoms with Crippen LogP contribution in [0, 0.1) is 10.8 Å². The van der Waals surface area contributed by atoms with E-state index in [2.05, 4.69) is 4.98 Å². The molecule has 2 atom stereocenters. The number of amides is 1. The Morgan fingerprint density at radius 3 is 2.15 bits per heavy atom. The number of likely N-dealkylation sites (tertiary alicyclic amines) is 1. The van der Waals surface area contributed by atoms with Crippen LogP contribution in [0.5, 0.6) is 17.2 Å². The van der Waals surface area contributed by atoms with Gasteiger partial charge in [0.05, 0.1) is 26.5 Å². The predicted molar refractivity (Wildman–Crippen MR) is 96.9 cm³/mol. The van der Waals surface area contributed by atoms with Gasteiger partial charge in [0.1, 0.15) is 22.9 Å². The minimum absolute atomic E-state index is 0.0145. The summed E-state index contributed by atoms with van der Waals surface area (Å²) in [5.41, 5.74) is -0.386. The molecule has 1 aromatic carbocycles. The number of carbonyl (C=O) groups is 1. The molecule has 0 radical (unpaired) electrons. The third kappa shape index (κ3) is 2.93. The van der Waals surface area contributed by atoms with Gasteiger partial charge in [-0.25, -0.2) is 4.98 Å². The van der Waals surface area contributed by atoms with Crippen LogP contribution >= 0.6 is 0 Å². The van der Waals surface area contributed by atoms with Gasteiger partial charge < -0.3 is 24.6 Å². The van der Waals surface area contributed by atoms with Crippen LogP contribution in [0.2, 0.25) is 0 Å². The highest BCUT2D eigenvalue weighted by Crippen LogP contribution is 2.67. The van der Waals surface area contributed by atoms with Crippen LogP contribution in [-0.4, -0.2) is 59.4 Å². The van der Waals surface area contributed by atoms with Crippen LogP contribution in [0.3, 0.4) is 0 Å². The lowest BCUT2D eigenvalue weighted by Crippen LogP contribution is -2.34. The summed E-state index contributed by atoms with van der Waals surface area (Å²) in [5.74, 6) is 1.72. The number of aliphatic hydroxyl groups excluding tert-OH is 2. The van der Waals surface area contributed by atoms with Crippen molar-refractivity contribution < 1.29 is 24.5 Å². The monoisotopic (exact) mass is 370 g/mol. The summed E-state index contributed by atoms with van der Waals surface area (Å²) in [6.45, 7) is 0.877. The van der Waals surface area contributed by atoms with Crippen molar-refractivity contribution in [3.8, 4) is 17.2 Å². The van der Waals surface area contributed by atoms with Gasteiger partial charge in [-0.2, -0.15) is 0 Å². The van der Waals surface area contributed by atoms with E-state index >= 15 is 0 Å². The van der Waals surface area contributed by atoms with E-state index in [1.54, 1.807) is 48.4 Å². The number of ether oxygens (including phenoxy) is 2. The molecular formula is C20H22N2O5. The fourth-order valence-electron chi connectivity index (χ4n) is 4.04. The lowest BCUT2D eigenvalue weighted by atomic mass is 9.98. The Bertz CT molecular complexity index is 820. The summed E-state index contributed by atoms with van der Waals surface area (Å²) in [4.78, 5) is 18.6. The Morgan fingerprint density at radius 2 is 1.63 bits per heavy atom. The molecule has 1 saturated heterocycles. The molecule has 0 unspecified atom stereocenters. The largest absolute Gasteiger partial charge is 0.497 e. The van der Waals surface area contributed by atoms with Crippen molar-refractivity contribution in [2.75, 3.05) is 33.4 Å². The van der Waals surface area contributed by atoms with Crippen molar-refractivity contribution in [3.63, 3.8) is 0 Å². The zero-order valence-electron chi connectivity index (χ0n) is 15.1. The Labute approximate surface area is 157 Å². The lowest BCUT2D eigenvalue weighted by molar-refractivity contribution is 0.0736. The van der Waals surface area contributed by atoms with Crippen LogP contribution in [0.25, 0.3) is 0 Å². The highest BCUT2D eigenvalue weighted by molar-refractivity contribution is 5.92. The maximum absolute atomic E-state index is 12.7. The minimum Gasteiger partial charge on any atom is -0.497 e. The zero-order chi connectivity index (χ0) is 19.1. The number of aromatic nitrogens is 1. The first-order chi connectivity index (χ1) is 13.0. The molecule has 27 heavy (non-hydrogen) atoms. The summed E-state index contributed by atoms with van der Waals surface area (Å²) in [6, 6.07) is 10.5. The number of hydrogen-bond donors (Lipinski definition) is 2. The Morgan fingerprint density at radius 1 is 1.04 bits per heavy atom. The topological polar surface area (TPSA) is 92.1 Å². The molecule has 1 aliphatic heterocycles. The number of fused-ring (bicyclic) bond motifs is 1. The first-order valence-corrected chi connectivity index (χ1v) is 8.84. The maximum Gasteiger partial charge on any atom is 0.272 e. The smallest absolute Gasteiger partial charge is 0.272 e. The molecule has 2 fully saturated rings. The average molecular weight is 370 g/mol. The lowest BCUT2D eigenvalue weighted by Gasteiger charge is -2.20. The van der Waals surface area contributed by atoms with Crippen LogP contribution in [0.15, 0.2) is 42.6 Å². The van der Waals surface area contributed by atoms with Crippen molar-refractivity contribution in [2.24, 2.45) is 10.8 Å². The average Bonchev–Trinajstić information content (AvgIpc) is 3.24. The van der Waals surface area contributed by atoms with Crippen molar-refractivity contribution in [1.29, 1.82) is 0 Å². The molecule has 2 heterocycles. The number of aliphatic hydroxyl groups is 2. The first kappa shape index (κ1) is 17.8. The molecule has 7 nitrogen and oxygen atoms in total. The zero-order valence-corrected chi connectivity index (χ0v) is 15.1. The molecule has 0 spiro atoms. The van der Waals surface area contributed by atoms with Gasteiger partial charge in [-0.1, -0.05) is 0 Å². The number of nitrogens with zero attached hydrogens (tertiary/aromatic N) is 2. The molecule has 7 heteroatoms. The van der Waals surface area contributed by atoms with Gasteiger partial charge in [0.2, 0.25) is 0 Å². The Balaban J connectivity index is 1.42. The van der Waals surface area contributed by atoms with Gasteiger partial charge >= 0.3 is 0 Å². The highest BCUT2D eigenvalue weighted by atomic mass is 16.5. The Kier molecular flexibility index (Phi) is 4.28. The van der Waals surface area contributed by atoms with E-state index in [1.807, 2.05) is 0 Å². The molecule has 142 valence electrons. The highest BCUT2D eigenvalue weighted by Gasteiger charge is 2.72. The van der Waals surface area contributed by atoms with Gasteiger partial charge in [0.15, 0.2) is 0 Å². The van der Waals surface area contributed by atoms with Crippen LogP contribution in [-0.2, 0) is 0 Å². The molecule has 0 bridgehead atoms. The first-order valence-electron chi connectivity index (χ1n) is 8.84. The molecule has 1 amide bonds. The quantitative estimate of drug-likeness (QED) is 0.804. The second-order valence-electron chi connectivity index (χ2n) is 7.37. The summed E-state index contributed by atoms with van der Waals surface area (Å²) in [6.07, 6.45) is 2.27. The van der Waals surface area contributed by atoms with Gasteiger partial charge in [0.25, 0.3) is 5.91 Å². The molecule has 2 aromatic rings. The third-order valence-corrected chi connectivity index (χ3v) is 5.81. The van der Waals surface area contributed by atoms with Crippen LogP contribution in [0.4, 0.5) is 0 Å². The van der Waals surface area contributed by atoms with Gasteiger partial charge in [-0.15, -0.1) is 0 Å². The van der Waals surface area contributed by atoms with E-state index in [1.165, 1.54) is 6.20 Å². The van der Waals surface area contributed by atoms with Gasteiger partial charge in [-0.3, -0.25) is 4.79 Å². The molecule has 2 N–H and O–H groups in total. The maximum atomic E-state index is 12.7. The van der Waals surface area contributed by atoms with Crippen LogP contribution < -0.4 is 9.47 Å².